The van der Waals surface area contributed by atoms with E-state index in [1.165, 1.54) is 16.7 Å². The van der Waals surface area contributed by atoms with Crippen molar-refractivity contribution in [3.8, 4) is 17.5 Å². The topological polar surface area (TPSA) is 88.0 Å². The van der Waals surface area contributed by atoms with Gasteiger partial charge in [-0.2, -0.15) is 18.4 Å². The summed E-state index contributed by atoms with van der Waals surface area (Å²) in [5.41, 5.74) is 0.483. The van der Waals surface area contributed by atoms with Crippen molar-refractivity contribution in [2.75, 3.05) is 18.0 Å². The molecule has 3 heterocycles. The van der Waals surface area contributed by atoms with E-state index in [0.29, 0.717) is 37.5 Å². The number of halogens is 4. The first-order valence-electron chi connectivity index (χ1n) is 11.2. The number of aromatic nitrogens is 3. The third-order valence-electron chi connectivity index (χ3n) is 6.48. The highest BCUT2D eigenvalue weighted by molar-refractivity contribution is 9.10. The van der Waals surface area contributed by atoms with Crippen molar-refractivity contribution in [3.63, 3.8) is 0 Å². The van der Waals surface area contributed by atoms with Gasteiger partial charge in [-0.05, 0) is 49.2 Å². The summed E-state index contributed by atoms with van der Waals surface area (Å²) >= 11 is 3.48. The molecule has 5 rings (SSSR count). The molecule has 11 heteroatoms. The van der Waals surface area contributed by atoms with Crippen LogP contribution >= 0.6 is 15.9 Å². The molecule has 0 N–H and O–H groups in total. The molecule has 0 bridgehead atoms. The van der Waals surface area contributed by atoms with Gasteiger partial charge in [0.25, 0.3) is 5.56 Å². The minimum Gasteiger partial charge on any atom is -0.420 e. The fourth-order valence-corrected chi connectivity index (χ4v) is 4.99. The lowest BCUT2D eigenvalue weighted by molar-refractivity contribution is -0.137. The maximum absolute atomic E-state index is 13.1. The molecule has 0 radical (unpaired) electrons. The first-order chi connectivity index (χ1) is 17.2. The molecule has 0 saturated carbocycles. The van der Waals surface area contributed by atoms with Gasteiger partial charge in [0, 0.05) is 41.5 Å². The van der Waals surface area contributed by atoms with Crippen LogP contribution < -0.4 is 10.5 Å². The Balaban J connectivity index is 1.41. The zero-order chi connectivity index (χ0) is 25.6. The first kappa shape index (κ1) is 24.1. The third-order valence-corrected chi connectivity index (χ3v) is 6.97. The number of hydrogen-bond acceptors (Lipinski definition) is 6. The number of benzene rings is 2. The molecule has 1 aliphatic heterocycles. The van der Waals surface area contributed by atoms with Crippen LogP contribution in [0.1, 0.15) is 35.8 Å². The molecule has 0 aliphatic carbocycles. The molecular weight excluding hydrogens is 539 g/mol. The number of piperidine rings is 1. The second-order valence-electron chi connectivity index (χ2n) is 8.65. The van der Waals surface area contributed by atoms with Gasteiger partial charge < -0.3 is 13.9 Å². The van der Waals surface area contributed by atoms with Gasteiger partial charge >= 0.3 is 6.18 Å². The van der Waals surface area contributed by atoms with E-state index in [1.807, 2.05) is 23.1 Å². The van der Waals surface area contributed by atoms with Crippen molar-refractivity contribution < 1.29 is 17.6 Å². The predicted molar refractivity (Wildman–Crippen MR) is 131 cm³/mol. The number of pyridine rings is 1. The highest BCUT2D eigenvalue weighted by Gasteiger charge is 2.32. The van der Waals surface area contributed by atoms with Gasteiger partial charge in [-0.25, -0.2) is 0 Å². The van der Waals surface area contributed by atoms with Crippen LogP contribution in [0.3, 0.4) is 0 Å². The van der Waals surface area contributed by atoms with E-state index in [0.717, 1.165) is 27.5 Å². The molecule has 1 fully saturated rings. The summed E-state index contributed by atoms with van der Waals surface area (Å²) in [7, 11) is 1.65. The lowest BCUT2D eigenvalue weighted by atomic mass is 9.95. The molecule has 184 valence electrons. The number of aryl methyl sites for hydroxylation is 1. The van der Waals surface area contributed by atoms with Crippen molar-refractivity contribution >= 4 is 32.5 Å². The van der Waals surface area contributed by atoms with Crippen LogP contribution in [0.2, 0.25) is 0 Å². The molecule has 0 spiro atoms. The molecule has 36 heavy (non-hydrogen) atoms. The number of rotatable bonds is 3. The molecule has 2 aromatic heterocycles. The fourth-order valence-electron chi connectivity index (χ4n) is 4.63. The predicted octanol–water partition coefficient (Wildman–Crippen LogP) is 5.63. The Morgan fingerprint density at radius 3 is 2.58 bits per heavy atom. The lowest BCUT2D eigenvalue weighted by Crippen LogP contribution is -2.35. The summed E-state index contributed by atoms with van der Waals surface area (Å²) < 4.78 is 47.3. The monoisotopic (exact) mass is 557 g/mol. The molecule has 1 saturated heterocycles. The quantitative estimate of drug-likeness (QED) is 0.324. The van der Waals surface area contributed by atoms with E-state index < -0.39 is 11.7 Å². The van der Waals surface area contributed by atoms with E-state index >= 15 is 0 Å². The van der Waals surface area contributed by atoms with E-state index in [2.05, 4.69) is 32.2 Å². The number of hydrogen-bond donors (Lipinski definition) is 0. The van der Waals surface area contributed by atoms with Gasteiger partial charge in [-0.1, -0.05) is 22.0 Å². The maximum Gasteiger partial charge on any atom is 0.416 e. The molecule has 4 aromatic rings. The smallest absolute Gasteiger partial charge is 0.416 e. The van der Waals surface area contributed by atoms with E-state index in [1.54, 1.807) is 7.05 Å². The highest BCUT2D eigenvalue weighted by atomic mass is 79.9. The van der Waals surface area contributed by atoms with Gasteiger partial charge in [0.05, 0.1) is 16.8 Å². The Morgan fingerprint density at radius 2 is 1.89 bits per heavy atom. The normalized spacial score (nSPS) is 14.8. The zero-order valence-electron chi connectivity index (χ0n) is 19.0. The average Bonchev–Trinajstić information content (AvgIpc) is 3.36. The van der Waals surface area contributed by atoms with Crippen LogP contribution in [-0.2, 0) is 13.2 Å². The van der Waals surface area contributed by atoms with Crippen LogP contribution in [0.4, 0.5) is 18.9 Å². The van der Waals surface area contributed by atoms with Crippen LogP contribution in [-0.4, -0.2) is 27.9 Å². The van der Waals surface area contributed by atoms with Crippen molar-refractivity contribution in [1.29, 1.82) is 5.26 Å². The highest BCUT2D eigenvalue weighted by Crippen LogP contribution is 2.37. The average molecular weight is 558 g/mol. The number of nitriles is 1. The Labute approximate surface area is 211 Å². The Morgan fingerprint density at radius 1 is 1.14 bits per heavy atom. The number of nitrogens with zero attached hydrogens (tertiary/aromatic N) is 5. The van der Waals surface area contributed by atoms with E-state index in [4.69, 9.17) is 4.42 Å². The minimum atomic E-state index is -4.47. The summed E-state index contributed by atoms with van der Waals surface area (Å²) in [5.74, 6) is 0.301. The summed E-state index contributed by atoms with van der Waals surface area (Å²) in [4.78, 5) is 14.9. The second kappa shape index (κ2) is 9.09. The lowest BCUT2D eigenvalue weighted by Gasteiger charge is -2.33. The van der Waals surface area contributed by atoms with Crippen molar-refractivity contribution in [2.24, 2.45) is 7.05 Å². The van der Waals surface area contributed by atoms with Crippen LogP contribution in [0.15, 0.2) is 56.1 Å². The zero-order valence-corrected chi connectivity index (χ0v) is 20.6. The van der Waals surface area contributed by atoms with Gasteiger partial charge in [-0.15, -0.1) is 10.2 Å². The number of fused-ring (bicyclic) bond motifs is 1. The van der Waals surface area contributed by atoms with Crippen LogP contribution in [0.5, 0.6) is 0 Å². The van der Waals surface area contributed by atoms with E-state index in [-0.39, 0.29) is 28.5 Å². The van der Waals surface area contributed by atoms with Gasteiger partial charge in [-0.3, -0.25) is 4.79 Å². The second-order valence-corrected chi connectivity index (χ2v) is 9.56. The molecule has 0 atom stereocenters. The Kier molecular flexibility index (Phi) is 6.08. The standard InChI is InChI=1S/C25H19BrF3N5O2/c1-33-20-6-5-17(26)12-18(20)21(19(13-30)24(33)35)34-9-7-14(8-10-34)22-31-32-23(36-22)15-3-2-4-16(11-15)25(27,28)29/h2-6,11-12,14H,7-10H2,1H3. The molecule has 7 nitrogen and oxygen atoms in total. The molecule has 1 aliphatic rings. The van der Waals surface area contributed by atoms with Crippen LogP contribution in [0.25, 0.3) is 22.4 Å². The fraction of sp³-hybridized carbons (Fsp3) is 0.280. The Hall–Kier alpha value is -3.65. The minimum absolute atomic E-state index is 0.0349. The summed E-state index contributed by atoms with van der Waals surface area (Å²) in [6.07, 6.45) is -3.24. The largest absolute Gasteiger partial charge is 0.420 e. The van der Waals surface area contributed by atoms with Crippen LogP contribution in [0, 0.1) is 11.3 Å². The van der Waals surface area contributed by atoms with Gasteiger partial charge in [0.2, 0.25) is 11.8 Å². The molecule has 0 unspecified atom stereocenters. The van der Waals surface area contributed by atoms with E-state index in [9.17, 15) is 23.2 Å². The van der Waals surface area contributed by atoms with Crippen molar-refractivity contribution in [2.45, 2.75) is 24.9 Å². The number of anilines is 1. The molecule has 2 aromatic carbocycles. The first-order valence-corrected chi connectivity index (χ1v) is 11.9. The van der Waals surface area contributed by atoms with Crippen molar-refractivity contribution in [3.05, 3.63) is 74.3 Å². The third kappa shape index (κ3) is 4.26. The SMILES string of the molecule is Cn1c(=O)c(C#N)c(N2CCC(c3nnc(-c4cccc(C(F)(F)F)c4)o3)CC2)c2cc(Br)ccc21. The molecular formula is C25H19BrF3N5O2. The van der Waals surface area contributed by atoms with Gasteiger partial charge in [0.1, 0.15) is 11.6 Å². The number of alkyl halides is 3. The summed E-state index contributed by atoms with van der Waals surface area (Å²) in [5, 5.41) is 18.7. The summed E-state index contributed by atoms with van der Waals surface area (Å²) in [6, 6.07) is 12.5. The maximum atomic E-state index is 13.1. The van der Waals surface area contributed by atoms with Crippen molar-refractivity contribution in [1.82, 2.24) is 14.8 Å². The molecule has 0 amide bonds. The summed E-state index contributed by atoms with van der Waals surface area (Å²) in [6.45, 7) is 1.07. The Bertz CT molecular complexity index is 1560. The van der Waals surface area contributed by atoms with Gasteiger partial charge in [0.15, 0.2) is 0 Å².